The molecule has 1 fully saturated rings. The van der Waals surface area contributed by atoms with Crippen molar-refractivity contribution in [3.8, 4) is 11.5 Å². The summed E-state index contributed by atoms with van der Waals surface area (Å²) in [6, 6.07) is 16.2. The molecular weight excluding hydrogens is 392 g/mol. The molecule has 2 heterocycles. The van der Waals surface area contributed by atoms with Crippen LogP contribution in [-0.4, -0.2) is 40.7 Å². The Morgan fingerprint density at radius 3 is 2.61 bits per heavy atom. The topological polar surface area (TPSA) is 78.3 Å². The first-order chi connectivity index (χ1) is 15.2. The van der Waals surface area contributed by atoms with Gasteiger partial charge in [-0.1, -0.05) is 54.5 Å². The van der Waals surface area contributed by atoms with Gasteiger partial charge in [-0.2, -0.15) is 0 Å². The zero-order valence-electron chi connectivity index (χ0n) is 17.4. The fourth-order valence-electron chi connectivity index (χ4n) is 4.58. The number of amides is 1. The molecule has 1 aromatic heterocycles. The molecule has 2 aliphatic rings. The summed E-state index contributed by atoms with van der Waals surface area (Å²) in [5, 5.41) is 11.3. The predicted octanol–water partition coefficient (Wildman–Crippen LogP) is 3.34. The van der Waals surface area contributed by atoms with E-state index in [1.807, 2.05) is 36.4 Å². The maximum Gasteiger partial charge on any atom is 0.273 e. The Morgan fingerprint density at radius 2 is 1.81 bits per heavy atom. The number of aromatic nitrogens is 3. The van der Waals surface area contributed by atoms with Crippen LogP contribution in [0.3, 0.4) is 0 Å². The highest BCUT2D eigenvalue weighted by Gasteiger charge is 2.37. The third-order valence-electron chi connectivity index (χ3n) is 6.26. The minimum Gasteiger partial charge on any atom is -0.486 e. The highest BCUT2D eigenvalue weighted by atomic mass is 16.6. The van der Waals surface area contributed by atoms with Gasteiger partial charge in [-0.25, -0.2) is 4.68 Å². The third-order valence-corrected chi connectivity index (χ3v) is 6.26. The molecule has 3 aromatic rings. The maximum atomic E-state index is 12.8. The Kier molecular flexibility index (Phi) is 5.32. The van der Waals surface area contributed by atoms with Gasteiger partial charge in [0.1, 0.15) is 13.2 Å². The van der Waals surface area contributed by atoms with E-state index in [1.54, 1.807) is 10.9 Å². The fraction of sp³-hybridized carbons (Fsp3) is 0.375. The summed E-state index contributed by atoms with van der Waals surface area (Å²) < 4.78 is 13.1. The standard InChI is InChI=1S/C24H26N4O3/c29-23(20-16-28(27-26-20)15-18-6-2-1-3-7-18)25-17-24(10-4-5-11-24)19-8-9-21-22(14-19)31-13-12-30-21/h1-3,6-9,14,16H,4-5,10-13,15,17H2,(H,25,29). The third kappa shape index (κ3) is 4.13. The molecule has 0 radical (unpaired) electrons. The lowest BCUT2D eigenvalue weighted by atomic mass is 9.78. The molecule has 1 N–H and O–H groups in total. The molecule has 7 nitrogen and oxygen atoms in total. The van der Waals surface area contributed by atoms with E-state index in [0.29, 0.717) is 32.0 Å². The van der Waals surface area contributed by atoms with Crippen LogP contribution < -0.4 is 14.8 Å². The van der Waals surface area contributed by atoms with Gasteiger partial charge in [0.25, 0.3) is 5.91 Å². The Hall–Kier alpha value is -3.35. The number of fused-ring (bicyclic) bond motifs is 1. The summed E-state index contributed by atoms with van der Waals surface area (Å²) in [5.74, 6) is 1.40. The molecule has 31 heavy (non-hydrogen) atoms. The van der Waals surface area contributed by atoms with E-state index in [-0.39, 0.29) is 11.3 Å². The van der Waals surface area contributed by atoms with Gasteiger partial charge in [0.15, 0.2) is 17.2 Å². The smallest absolute Gasteiger partial charge is 0.273 e. The van der Waals surface area contributed by atoms with Crippen LogP contribution >= 0.6 is 0 Å². The molecule has 0 atom stereocenters. The number of nitrogens with one attached hydrogen (secondary N) is 1. The van der Waals surface area contributed by atoms with E-state index in [9.17, 15) is 4.79 Å². The Bertz CT molecular complexity index is 1060. The first kappa shape index (κ1) is 19.6. The highest BCUT2D eigenvalue weighted by molar-refractivity contribution is 5.91. The van der Waals surface area contributed by atoms with Gasteiger partial charge < -0.3 is 14.8 Å². The molecule has 1 aliphatic carbocycles. The zero-order valence-corrected chi connectivity index (χ0v) is 17.4. The van der Waals surface area contributed by atoms with Crippen LogP contribution in [0.25, 0.3) is 0 Å². The SMILES string of the molecule is O=C(NCC1(c2ccc3c(c2)OCCO3)CCCC1)c1cn(Cc2ccccc2)nn1. The lowest BCUT2D eigenvalue weighted by Gasteiger charge is -2.31. The Labute approximate surface area is 181 Å². The van der Waals surface area contributed by atoms with E-state index in [2.05, 4.69) is 27.8 Å². The molecule has 0 spiro atoms. The molecule has 2 aromatic carbocycles. The average molecular weight is 418 g/mol. The van der Waals surface area contributed by atoms with Crippen LogP contribution in [0.1, 0.15) is 47.3 Å². The number of benzene rings is 2. The molecule has 1 aliphatic heterocycles. The van der Waals surface area contributed by atoms with Crippen molar-refractivity contribution < 1.29 is 14.3 Å². The van der Waals surface area contributed by atoms with Gasteiger partial charge in [-0.05, 0) is 36.1 Å². The van der Waals surface area contributed by atoms with Crippen LogP contribution in [0.2, 0.25) is 0 Å². The van der Waals surface area contributed by atoms with Gasteiger partial charge in [0.2, 0.25) is 0 Å². The number of ether oxygens (including phenoxy) is 2. The molecule has 0 unspecified atom stereocenters. The van der Waals surface area contributed by atoms with E-state index in [4.69, 9.17) is 9.47 Å². The van der Waals surface area contributed by atoms with E-state index in [1.165, 1.54) is 5.56 Å². The monoisotopic (exact) mass is 418 g/mol. The van der Waals surface area contributed by atoms with Gasteiger partial charge >= 0.3 is 0 Å². The lowest BCUT2D eigenvalue weighted by Crippen LogP contribution is -2.39. The van der Waals surface area contributed by atoms with Crippen molar-refractivity contribution in [2.24, 2.45) is 0 Å². The molecule has 0 saturated heterocycles. The summed E-state index contributed by atoms with van der Waals surface area (Å²) in [7, 11) is 0. The molecule has 0 bridgehead atoms. The number of carbonyl (C=O) groups excluding carboxylic acids is 1. The second-order valence-corrected chi connectivity index (χ2v) is 8.32. The number of carbonyl (C=O) groups is 1. The van der Waals surface area contributed by atoms with Gasteiger partial charge in [-0.3, -0.25) is 4.79 Å². The molecule has 160 valence electrons. The second kappa shape index (κ2) is 8.41. The summed E-state index contributed by atoms with van der Waals surface area (Å²) >= 11 is 0. The zero-order chi connectivity index (χ0) is 21.1. The lowest BCUT2D eigenvalue weighted by molar-refractivity contribution is 0.0938. The van der Waals surface area contributed by atoms with Crippen molar-refractivity contribution in [1.29, 1.82) is 0 Å². The number of rotatable bonds is 6. The van der Waals surface area contributed by atoms with Crippen molar-refractivity contribution in [2.45, 2.75) is 37.6 Å². The van der Waals surface area contributed by atoms with Crippen molar-refractivity contribution in [3.05, 3.63) is 71.5 Å². The van der Waals surface area contributed by atoms with Crippen LogP contribution in [0.4, 0.5) is 0 Å². The molecule has 5 rings (SSSR count). The van der Waals surface area contributed by atoms with E-state index >= 15 is 0 Å². The number of hydrogen-bond acceptors (Lipinski definition) is 5. The van der Waals surface area contributed by atoms with Crippen LogP contribution in [0.5, 0.6) is 11.5 Å². The summed E-state index contributed by atoms with van der Waals surface area (Å²) in [5.41, 5.74) is 2.56. The minimum atomic E-state index is -0.192. The molecular formula is C24H26N4O3. The van der Waals surface area contributed by atoms with Crippen LogP contribution in [0.15, 0.2) is 54.7 Å². The number of hydrogen-bond donors (Lipinski definition) is 1. The summed E-state index contributed by atoms with van der Waals surface area (Å²) in [4.78, 5) is 12.8. The first-order valence-corrected chi connectivity index (χ1v) is 10.8. The molecule has 1 amide bonds. The normalized spacial score (nSPS) is 16.8. The van der Waals surface area contributed by atoms with Crippen molar-refractivity contribution >= 4 is 5.91 Å². The summed E-state index contributed by atoms with van der Waals surface area (Å²) in [6.07, 6.45) is 6.07. The highest BCUT2D eigenvalue weighted by Crippen LogP contribution is 2.43. The maximum absolute atomic E-state index is 12.8. The Morgan fingerprint density at radius 1 is 1.03 bits per heavy atom. The summed E-state index contributed by atoms with van der Waals surface area (Å²) in [6.45, 7) is 2.30. The number of nitrogens with zero attached hydrogens (tertiary/aromatic N) is 3. The first-order valence-electron chi connectivity index (χ1n) is 10.8. The Balaban J connectivity index is 1.28. The predicted molar refractivity (Wildman–Crippen MR) is 115 cm³/mol. The quantitative estimate of drug-likeness (QED) is 0.664. The van der Waals surface area contributed by atoms with Crippen molar-refractivity contribution in [1.82, 2.24) is 20.3 Å². The molecule has 1 saturated carbocycles. The van der Waals surface area contributed by atoms with Crippen LogP contribution in [-0.2, 0) is 12.0 Å². The average Bonchev–Trinajstić information content (AvgIpc) is 3.49. The minimum absolute atomic E-state index is 0.0917. The molecule has 7 heteroatoms. The van der Waals surface area contributed by atoms with Gasteiger partial charge in [-0.15, -0.1) is 5.10 Å². The van der Waals surface area contributed by atoms with E-state index < -0.39 is 0 Å². The second-order valence-electron chi connectivity index (χ2n) is 8.32. The van der Waals surface area contributed by atoms with E-state index in [0.717, 1.165) is 42.7 Å². The largest absolute Gasteiger partial charge is 0.486 e. The van der Waals surface area contributed by atoms with Gasteiger partial charge in [0, 0.05) is 12.0 Å². The van der Waals surface area contributed by atoms with Crippen LogP contribution in [0, 0.1) is 0 Å². The van der Waals surface area contributed by atoms with Crippen molar-refractivity contribution in [3.63, 3.8) is 0 Å². The fourth-order valence-corrected chi connectivity index (χ4v) is 4.58. The van der Waals surface area contributed by atoms with Gasteiger partial charge in [0.05, 0.1) is 12.7 Å². The van der Waals surface area contributed by atoms with Crippen molar-refractivity contribution in [2.75, 3.05) is 19.8 Å².